The first-order valence-electron chi connectivity index (χ1n) is 15.2. The van der Waals surface area contributed by atoms with Gasteiger partial charge in [0.2, 0.25) is 0 Å². The molecule has 210 valence electrons. The number of hydrogen-bond donors (Lipinski definition) is 0. The highest BCUT2D eigenvalue weighted by atomic mass is 32.1. The number of fused-ring (bicyclic) bond motifs is 5. The molecule has 9 rings (SSSR count). The summed E-state index contributed by atoms with van der Waals surface area (Å²) in [6.45, 7) is 0. The summed E-state index contributed by atoms with van der Waals surface area (Å²) in [5.74, 6) is 0.730. The lowest BCUT2D eigenvalue weighted by Gasteiger charge is -2.15. The molecule has 2 aromatic heterocycles. The van der Waals surface area contributed by atoms with Gasteiger partial charge < -0.3 is 0 Å². The number of hydrogen-bond acceptors (Lipinski definition) is 3. The van der Waals surface area contributed by atoms with E-state index in [-0.39, 0.29) is 0 Å². The maximum Gasteiger partial charge on any atom is 0.160 e. The molecule has 0 unspecified atom stereocenters. The van der Waals surface area contributed by atoms with Gasteiger partial charge in [0.15, 0.2) is 5.82 Å². The highest BCUT2D eigenvalue weighted by molar-refractivity contribution is 7.22. The van der Waals surface area contributed by atoms with Gasteiger partial charge in [-0.15, -0.1) is 11.3 Å². The van der Waals surface area contributed by atoms with Crippen molar-refractivity contribution in [2.75, 3.05) is 0 Å². The molecule has 0 aliphatic heterocycles. The van der Waals surface area contributed by atoms with Gasteiger partial charge in [0.25, 0.3) is 0 Å². The van der Waals surface area contributed by atoms with E-state index in [1.807, 2.05) is 18.2 Å². The van der Waals surface area contributed by atoms with E-state index in [2.05, 4.69) is 140 Å². The molecule has 0 fully saturated rings. The Morgan fingerprint density at radius 2 is 1.07 bits per heavy atom. The zero-order chi connectivity index (χ0) is 29.7. The van der Waals surface area contributed by atoms with E-state index in [0.29, 0.717) is 0 Å². The number of benzene rings is 7. The summed E-state index contributed by atoms with van der Waals surface area (Å²) in [6, 6.07) is 56.3. The predicted octanol–water partition coefficient (Wildman–Crippen LogP) is 11.8. The Hall–Kier alpha value is -5.64. The van der Waals surface area contributed by atoms with Crippen LogP contribution in [0, 0.1) is 0 Å². The third-order valence-corrected chi connectivity index (χ3v) is 9.79. The molecule has 0 aliphatic rings. The van der Waals surface area contributed by atoms with E-state index in [1.165, 1.54) is 53.5 Å². The van der Waals surface area contributed by atoms with Gasteiger partial charge in [-0.1, -0.05) is 127 Å². The first-order chi connectivity index (χ1) is 22.3. The van der Waals surface area contributed by atoms with Crippen LogP contribution in [-0.2, 0) is 0 Å². The minimum Gasteiger partial charge on any atom is -0.228 e. The maximum atomic E-state index is 5.15. The van der Waals surface area contributed by atoms with Gasteiger partial charge in [-0.05, 0) is 79.2 Å². The van der Waals surface area contributed by atoms with Crippen molar-refractivity contribution in [3.8, 4) is 44.3 Å². The summed E-state index contributed by atoms with van der Waals surface area (Å²) in [7, 11) is 0. The van der Waals surface area contributed by atoms with Crippen LogP contribution in [0.15, 0.2) is 158 Å². The third-order valence-electron chi connectivity index (χ3n) is 8.65. The van der Waals surface area contributed by atoms with Gasteiger partial charge in [0, 0.05) is 15.8 Å². The lowest BCUT2D eigenvalue weighted by atomic mass is 9.89. The van der Waals surface area contributed by atoms with Crippen molar-refractivity contribution in [1.82, 2.24) is 9.97 Å². The highest BCUT2D eigenvalue weighted by Crippen LogP contribution is 2.41. The maximum absolute atomic E-state index is 5.15. The second-order valence-electron chi connectivity index (χ2n) is 11.4. The van der Waals surface area contributed by atoms with E-state index in [4.69, 9.17) is 9.97 Å². The predicted molar refractivity (Wildman–Crippen MR) is 192 cm³/mol. The van der Waals surface area contributed by atoms with Gasteiger partial charge in [0.1, 0.15) is 0 Å². The van der Waals surface area contributed by atoms with Crippen molar-refractivity contribution < 1.29 is 0 Å². The van der Waals surface area contributed by atoms with Crippen LogP contribution in [0.2, 0.25) is 0 Å². The van der Waals surface area contributed by atoms with Gasteiger partial charge in [-0.25, -0.2) is 9.97 Å². The van der Waals surface area contributed by atoms with Gasteiger partial charge in [0.05, 0.1) is 16.3 Å². The summed E-state index contributed by atoms with van der Waals surface area (Å²) in [5, 5.41) is 8.77. The molecule has 0 bridgehead atoms. The van der Waals surface area contributed by atoms with Crippen molar-refractivity contribution in [2.24, 2.45) is 0 Å². The van der Waals surface area contributed by atoms with E-state index >= 15 is 0 Å². The molecule has 0 spiro atoms. The highest BCUT2D eigenvalue weighted by Gasteiger charge is 2.16. The fourth-order valence-corrected chi connectivity index (χ4v) is 7.53. The molecule has 0 amide bonds. The second-order valence-corrected chi connectivity index (χ2v) is 12.5. The van der Waals surface area contributed by atoms with Crippen LogP contribution in [-0.4, -0.2) is 9.97 Å². The van der Waals surface area contributed by atoms with Crippen LogP contribution in [0.4, 0.5) is 0 Å². The molecular weight excluding hydrogens is 565 g/mol. The summed E-state index contributed by atoms with van der Waals surface area (Å²) < 4.78 is 1.26. The monoisotopic (exact) mass is 590 g/mol. The van der Waals surface area contributed by atoms with Crippen LogP contribution in [0.3, 0.4) is 0 Å². The van der Waals surface area contributed by atoms with E-state index < -0.39 is 0 Å². The van der Waals surface area contributed by atoms with Crippen LogP contribution in [0.1, 0.15) is 0 Å². The SMILES string of the molecule is c1ccc(-c2nc(-c3cccc(-c4c5ccccc5cc5c4ccc4ccccc45)c3)cc(-c3cc4ccccc4s3)n2)cc1. The van der Waals surface area contributed by atoms with Crippen LogP contribution >= 0.6 is 11.3 Å². The Kier molecular flexibility index (Phi) is 6.03. The van der Waals surface area contributed by atoms with Crippen molar-refractivity contribution in [3.63, 3.8) is 0 Å². The summed E-state index contributed by atoms with van der Waals surface area (Å²) in [4.78, 5) is 11.4. The average molecular weight is 591 g/mol. The Bertz CT molecular complexity index is 2510. The van der Waals surface area contributed by atoms with Crippen molar-refractivity contribution in [2.45, 2.75) is 0 Å². The Labute approximate surface area is 264 Å². The van der Waals surface area contributed by atoms with Gasteiger partial charge in [-0.2, -0.15) is 0 Å². The van der Waals surface area contributed by atoms with Crippen molar-refractivity contribution in [3.05, 3.63) is 158 Å². The molecule has 45 heavy (non-hydrogen) atoms. The minimum absolute atomic E-state index is 0.730. The van der Waals surface area contributed by atoms with E-state index in [0.717, 1.165) is 33.2 Å². The van der Waals surface area contributed by atoms with Crippen LogP contribution in [0.5, 0.6) is 0 Å². The lowest BCUT2D eigenvalue weighted by molar-refractivity contribution is 1.19. The molecule has 0 saturated carbocycles. The first-order valence-corrected chi connectivity index (χ1v) is 16.0. The first kappa shape index (κ1) is 25.8. The normalized spacial score (nSPS) is 11.6. The topological polar surface area (TPSA) is 25.8 Å². The van der Waals surface area contributed by atoms with Crippen molar-refractivity contribution >= 4 is 53.7 Å². The second kappa shape index (κ2) is 10.5. The van der Waals surface area contributed by atoms with Crippen LogP contribution < -0.4 is 0 Å². The number of rotatable bonds is 4. The average Bonchev–Trinajstić information content (AvgIpc) is 3.56. The van der Waals surface area contributed by atoms with Gasteiger partial charge in [-0.3, -0.25) is 0 Å². The summed E-state index contributed by atoms with van der Waals surface area (Å²) >= 11 is 1.77. The van der Waals surface area contributed by atoms with Crippen LogP contribution in [0.25, 0.3) is 86.7 Å². The fourth-order valence-electron chi connectivity index (χ4n) is 6.51. The quantitative estimate of drug-likeness (QED) is 0.150. The molecule has 2 nitrogen and oxygen atoms in total. The Morgan fingerprint density at radius 3 is 1.93 bits per heavy atom. The van der Waals surface area contributed by atoms with Crippen molar-refractivity contribution in [1.29, 1.82) is 0 Å². The van der Waals surface area contributed by atoms with E-state index in [9.17, 15) is 0 Å². The standard InChI is InChI=1S/C42H26N2S/c1-2-12-28(13-3-1)42-43-37(26-38(44-42)40-25-31-15-6-9-20-39(31)45-40)30-16-10-17-32(23-30)41-34-19-8-5-14-29(34)24-36-33-18-7-4-11-27(33)21-22-35(36)41/h1-26H. The Balaban J connectivity index is 1.27. The Morgan fingerprint density at radius 1 is 0.378 bits per heavy atom. The number of nitrogens with zero attached hydrogens (tertiary/aromatic N) is 2. The summed E-state index contributed by atoms with van der Waals surface area (Å²) in [5.41, 5.74) is 6.34. The number of aromatic nitrogens is 2. The molecule has 0 N–H and O–H groups in total. The zero-order valence-electron chi connectivity index (χ0n) is 24.3. The molecule has 0 saturated heterocycles. The molecule has 2 heterocycles. The number of thiophene rings is 1. The smallest absolute Gasteiger partial charge is 0.160 e. The molecule has 7 aromatic carbocycles. The minimum atomic E-state index is 0.730. The molecule has 0 radical (unpaired) electrons. The van der Waals surface area contributed by atoms with Gasteiger partial charge >= 0.3 is 0 Å². The summed E-state index contributed by atoms with van der Waals surface area (Å²) in [6.07, 6.45) is 0. The molecule has 0 aliphatic carbocycles. The zero-order valence-corrected chi connectivity index (χ0v) is 25.1. The molecule has 9 aromatic rings. The largest absolute Gasteiger partial charge is 0.228 e. The molecule has 3 heteroatoms. The molecule has 0 atom stereocenters. The fraction of sp³-hybridized carbons (Fsp3) is 0. The lowest BCUT2D eigenvalue weighted by Crippen LogP contribution is -1.95. The van der Waals surface area contributed by atoms with E-state index in [1.54, 1.807) is 11.3 Å². The molecular formula is C42H26N2S. The third kappa shape index (κ3) is 4.48.